The lowest BCUT2D eigenvalue weighted by Gasteiger charge is -2.41. The topological polar surface area (TPSA) is 206 Å². The summed E-state index contributed by atoms with van der Waals surface area (Å²) in [5, 5.41) is 47.7. The summed E-state index contributed by atoms with van der Waals surface area (Å²) in [5.74, 6) is 1.41. The first-order chi connectivity index (χ1) is 57.2. The molecule has 12 aliphatic rings. The molecule has 0 unspecified atom stereocenters. The van der Waals surface area contributed by atoms with E-state index in [1.54, 1.807) is 46.2 Å². The predicted octanol–water partition coefficient (Wildman–Crippen LogP) is 13.3. The van der Waals surface area contributed by atoms with E-state index in [1.807, 2.05) is 44.4 Å². The third kappa shape index (κ3) is 16.6. The van der Waals surface area contributed by atoms with Crippen LogP contribution in [0.1, 0.15) is 175 Å². The van der Waals surface area contributed by atoms with E-state index in [0.29, 0.717) is 93.3 Å². The Morgan fingerprint density at radius 2 is 0.627 bits per heavy atom. The van der Waals surface area contributed by atoms with Gasteiger partial charge in [-0.15, -0.1) is 0 Å². The second kappa shape index (κ2) is 34.9. The van der Waals surface area contributed by atoms with Gasteiger partial charge in [0, 0.05) is 114 Å². The number of hydrogen-bond donors (Lipinski definition) is 6. The molecular formula is C95H111F3N12O8. The van der Waals surface area contributed by atoms with Crippen LogP contribution in [0, 0.1) is 24.4 Å². The van der Waals surface area contributed by atoms with E-state index in [9.17, 15) is 52.8 Å². The standard InChI is InChI=1S/2C24H28FN3O2.C24H29N3O2.C23H26FN3O2/c2*1-26-21-5-2-4-18-19-14-27(13-11-20(19)28(24(18)21)15-23(26)30)12-3-6-22(29)16-7-9-17(25)10-8-16;1-16-7-9-17(10-8-16)22(28)6-3-12-26-13-11-21-19(14-26)18-4-2-5-20-24(18)27(21)15-23(29)25-20;24-16-8-6-15(7-9-16)21(28)5-2-11-26-12-10-20-18(13-26)17-3-1-4-19-23(17)27(20)14-22(29)25-19/h2*2,4-5,7-10,19-20,22,29H,3,6,11-15H2,1H3;2,4-5,7-10,19,21-22,28H,3,6,11-15H2,1H3,(H,25,29);1,3-4,6-9,18,20-21,28H,2,5,10-14H2,(H,25,29)/t19-,20-,22+;19-,20-,22-;19-,21-,22+;18-,20-,21-/m0000/s1. The van der Waals surface area contributed by atoms with Crippen molar-refractivity contribution in [2.45, 2.75) is 156 Å². The zero-order chi connectivity index (χ0) is 81.6. The summed E-state index contributed by atoms with van der Waals surface area (Å²) < 4.78 is 39.2. The van der Waals surface area contributed by atoms with Crippen LogP contribution >= 0.6 is 0 Å². The average molecular weight is 1610 g/mol. The fraction of sp³-hybridized carbons (Fsp3) is 0.453. The molecule has 20 nitrogen and oxygen atoms in total. The minimum atomic E-state index is -0.552. The molecule has 0 bridgehead atoms. The number of piperidine rings is 4. The van der Waals surface area contributed by atoms with Crippen LogP contribution in [0.25, 0.3) is 0 Å². The van der Waals surface area contributed by atoms with Gasteiger partial charge in [0.2, 0.25) is 23.6 Å². The summed E-state index contributed by atoms with van der Waals surface area (Å²) in [6.45, 7) is 15.9. The number of rotatable bonds is 20. The van der Waals surface area contributed by atoms with Crippen molar-refractivity contribution in [2.75, 3.05) is 159 Å². The van der Waals surface area contributed by atoms with Gasteiger partial charge in [-0.3, -0.25) is 19.2 Å². The van der Waals surface area contributed by atoms with Gasteiger partial charge in [-0.1, -0.05) is 115 Å². The second-order valence-corrected chi connectivity index (χ2v) is 34.7. The Labute approximate surface area is 690 Å². The number of aryl methyl sites for hydroxylation is 1. The first-order valence-corrected chi connectivity index (χ1v) is 42.9. The number of nitrogens with one attached hydrogen (secondary N) is 2. The Bertz CT molecular complexity index is 4640. The summed E-state index contributed by atoms with van der Waals surface area (Å²) in [6, 6.07) is 53.4. The third-order valence-corrected chi connectivity index (χ3v) is 27.5. The van der Waals surface area contributed by atoms with Crippen molar-refractivity contribution in [3.63, 3.8) is 0 Å². The van der Waals surface area contributed by atoms with Gasteiger partial charge in [-0.2, -0.15) is 0 Å². The van der Waals surface area contributed by atoms with Crippen LogP contribution in [-0.4, -0.2) is 207 Å². The molecule has 4 fully saturated rings. The number of amides is 4. The van der Waals surface area contributed by atoms with Crippen LogP contribution < -0.4 is 40.0 Å². The highest BCUT2D eigenvalue weighted by molar-refractivity contribution is 6.07. The molecule has 0 radical (unpaired) electrons. The molecule has 12 aliphatic heterocycles. The number of halogens is 3. The maximum atomic E-state index is 13.1. The van der Waals surface area contributed by atoms with Gasteiger partial charge < -0.3 is 80.1 Å². The number of aliphatic hydroxyl groups is 4. The Balaban J connectivity index is 0.000000113. The Hall–Kier alpha value is -9.69. The first-order valence-electron chi connectivity index (χ1n) is 42.9. The van der Waals surface area contributed by atoms with E-state index in [2.05, 4.69) is 123 Å². The van der Waals surface area contributed by atoms with Gasteiger partial charge in [-0.25, -0.2) is 13.2 Å². The smallest absolute Gasteiger partial charge is 0.246 e. The molecule has 4 saturated heterocycles. The second-order valence-electron chi connectivity index (χ2n) is 34.7. The average Bonchev–Trinajstić information content (AvgIpc) is 1.60. The molecule has 12 atom stereocenters. The Morgan fingerprint density at radius 1 is 0.356 bits per heavy atom. The maximum Gasteiger partial charge on any atom is 0.246 e. The molecule has 12 heterocycles. The van der Waals surface area contributed by atoms with Gasteiger partial charge in [0.1, 0.15) is 17.5 Å². The zero-order valence-corrected chi connectivity index (χ0v) is 67.9. The monoisotopic (exact) mass is 1600 g/mol. The molecule has 6 N–H and O–H groups in total. The number of hydrogen-bond acceptors (Lipinski definition) is 16. The summed E-state index contributed by atoms with van der Waals surface area (Å²) in [5.41, 5.74) is 19.0. The number of carbonyl (C=O) groups excluding carboxylic acids is 4. The molecule has 8 aromatic rings. The fourth-order valence-corrected chi connectivity index (χ4v) is 21.4. The minimum Gasteiger partial charge on any atom is -0.388 e. The van der Waals surface area contributed by atoms with Crippen molar-refractivity contribution in [3.05, 3.63) is 237 Å². The Kier molecular flexibility index (Phi) is 23.9. The first kappa shape index (κ1) is 80.7. The maximum absolute atomic E-state index is 13.1. The summed E-state index contributed by atoms with van der Waals surface area (Å²) in [7, 11) is 3.74. The van der Waals surface area contributed by atoms with Crippen LogP contribution in [0.2, 0.25) is 0 Å². The molecule has 0 saturated carbocycles. The van der Waals surface area contributed by atoms with Gasteiger partial charge >= 0.3 is 0 Å². The number of para-hydroxylation sites is 4. The SMILES string of the molecule is CN1C(=O)CN2c3c(cccc31)[C@@H]1CN(CCC[C@@H](O)c3ccc(F)cc3)CC[C@@H]12.CN1C(=O)CN2c3c(cccc31)[C@@H]1CN(CCC[C@H](O)c3ccc(F)cc3)CC[C@@H]12.Cc1ccc([C@H](O)CCCN2CC[C@H]3[C@@H](C2)c2cccc4c2N3CC(=O)N4)cc1.O=C1CN2c3c(cccc3[C@@H]3CN(CCC[C@H](O)c4ccc(F)cc4)CC[C@@H]32)N1. The minimum absolute atomic E-state index is 0.0764. The molecule has 20 rings (SSSR count). The highest BCUT2D eigenvalue weighted by Gasteiger charge is 2.50. The lowest BCUT2D eigenvalue weighted by molar-refractivity contribution is -0.118. The number of aliphatic hydroxyl groups excluding tert-OH is 4. The quantitative estimate of drug-likeness (QED) is 0.0420. The van der Waals surface area contributed by atoms with Gasteiger partial charge in [0.05, 0.1) is 96.1 Å². The molecule has 0 aromatic heterocycles. The van der Waals surface area contributed by atoms with Crippen LogP contribution in [0.15, 0.2) is 170 Å². The fourth-order valence-electron chi connectivity index (χ4n) is 21.4. The molecule has 4 amide bonds. The number of nitrogens with zero attached hydrogens (tertiary/aromatic N) is 10. The van der Waals surface area contributed by atoms with Gasteiger partial charge in [0.25, 0.3) is 0 Å². The normalized spacial score (nSPS) is 24.1. The number of carbonyl (C=O) groups is 4. The van der Waals surface area contributed by atoms with E-state index >= 15 is 0 Å². The van der Waals surface area contributed by atoms with Crippen LogP contribution in [-0.2, 0) is 19.2 Å². The number of anilines is 8. The van der Waals surface area contributed by atoms with Crippen molar-refractivity contribution in [2.24, 2.45) is 0 Å². The third-order valence-electron chi connectivity index (χ3n) is 27.5. The summed E-state index contributed by atoms with van der Waals surface area (Å²) in [6.07, 6.45) is 8.68. The number of fused-ring (bicyclic) bond motifs is 12. The van der Waals surface area contributed by atoms with E-state index in [4.69, 9.17) is 0 Å². The largest absolute Gasteiger partial charge is 0.388 e. The van der Waals surface area contributed by atoms with E-state index < -0.39 is 18.3 Å². The summed E-state index contributed by atoms with van der Waals surface area (Å²) >= 11 is 0. The van der Waals surface area contributed by atoms with E-state index in [1.165, 1.54) is 87.0 Å². The van der Waals surface area contributed by atoms with Crippen molar-refractivity contribution in [1.82, 2.24) is 19.6 Å². The summed E-state index contributed by atoms with van der Waals surface area (Å²) in [4.78, 5) is 72.0. The van der Waals surface area contributed by atoms with Crippen LogP contribution in [0.3, 0.4) is 0 Å². The van der Waals surface area contributed by atoms with Crippen molar-refractivity contribution >= 4 is 69.1 Å². The highest BCUT2D eigenvalue weighted by Crippen LogP contribution is 2.55. The molecule has 0 spiro atoms. The number of likely N-dealkylation sites (tertiary alicyclic amines) is 4. The molecule has 8 aromatic carbocycles. The van der Waals surface area contributed by atoms with Crippen molar-refractivity contribution < 1.29 is 52.8 Å². The predicted molar refractivity (Wildman–Crippen MR) is 457 cm³/mol. The molecule has 23 heteroatoms. The molecule has 620 valence electrons. The highest BCUT2D eigenvalue weighted by atomic mass is 19.1. The van der Waals surface area contributed by atoms with Crippen LogP contribution in [0.5, 0.6) is 0 Å². The van der Waals surface area contributed by atoms with Crippen molar-refractivity contribution in [1.29, 1.82) is 0 Å². The zero-order valence-electron chi connectivity index (χ0n) is 67.9. The van der Waals surface area contributed by atoms with E-state index in [0.717, 1.165) is 181 Å². The number of likely N-dealkylation sites (N-methyl/N-ethyl adjacent to an activating group) is 2. The molecule has 0 aliphatic carbocycles. The Morgan fingerprint density at radius 3 is 0.932 bits per heavy atom. The van der Waals surface area contributed by atoms with Crippen LogP contribution in [0.4, 0.5) is 58.7 Å². The van der Waals surface area contributed by atoms with Gasteiger partial charge in [0.15, 0.2) is 0 Å². The lowest BCUT2D eigenvalue weighted by atomic mass is 9.89. The number of benzene rings is 8. The molecule has 118 heavy (non-hydrogen) atoms. The lowest BCUT2D eigenvalue weighted by Crippen LogP contribution is -2.51. The van der Waals surface area contributed by atoms with Crippen molar-refractivity contribution in [3.8, 4) is 0 Å². The van der Waals surface area contributed by atoms with E-state index in [-0.39, 0.29) is 47.2 Å². The molecular weight excluding hydrogens is 1490 g/mol. The van der Waals surface area contributed by atoms with Gasteiger partial charge in [-0.05, 0) is 215 Å².